The highest BCUT2D eigenvalue weighted by atomic mass is 35.5. The molecule has 1 saturated heterocycles. The van der Waals surface area contributed by atoms with Crippen molar-refractivity contribution in [3.63, 3.8) is 0 Å². The lowest BCUT2D eigenvalue weighted by Crippen LogP contribution is -2.32. The first-order valence-corrected chi connectivity index (χ1v) is 8.65. The summed E-state index contributed by atoms with van der Waals surface area (Å²) < 4.78 is 5.58. The van der Waals surface area contributed by atoms with Crippen LogP contribution in [0.4, 0.5) is 0 Å². The summed E-state index contributed by atoms with van der Waals surface area (Å²) in [7, 11) is 0. The van der Waals surface area contributed by atoms with E-state index in [1.807, 2.05) is 30.3 Å². The number of hydrogen-bond donors (Lipinski definition) is 2. The molecule has 2 amide bonds. The van der Waals surface area contributed by atoms with E-state index in [0.29, 0.717) is 24.4 Å². The van der Waals surface area contributed by atoms with Gasteiger partial charge in [-0.25, -0.2) is 0 Å². The van der Waals surface area contributed by atoms with Crippen molar-refractivity contribution >= 4 is 24.2 Å². The van der Waals surface area contributed by atoms with E-state index in [4.69, 9.17) is 16.2 Å². The Morgan fingerprint density at radius 3 is 2.52 bits per heavy atom. The molecule has 3 rings (SSSR count). The normalized spacial score (nSPS) is 18.6. The van der Waals surface area contributed by atoms with Crippen LogP contribution in [-0.4, -0.2) is 42.5 Å². The first kappa shape index (κ1) is 20.7. The first-order valence-electron chi connectivity index (χ1n) is 8.65. The smallest absolute Gasteiger partial charge is 0.248 e. The zero-order chi connectivity index (χ0) is 18.5. The Morgan fingerprint density at radius 1 is 1.07 bits per heavy atom. The van der Waals surface area contributed by atoms with Crippen molar-refractivity contribution in [2.24, 2.45) is 11.5 Å². The molecule has 0 saturated carbocycles. The highest BCUT2D eigenvalue weighted by Crippen LogP contribution is 2.26. The van der Waals surface area contributed by atoms with Crippen LogP contribution in [0.25, 0.3) is 0 Å². The van der Waals surface area contributed by atoms with Gasteiger partial charge < -0.3 is 21.1 Å². The maximum absolute atomic E-state index is 12.4. The maximum atomic E-state index is 12.4. The van der Waals surface area contributed by atoms with Gasteiger partial charge in [0.15, 0.2) is 0 Å². The number of carbonyl (C=O) groups excluding carboxylic acids is 2. The largest absolute Gasteiger partial charge is 0.493 e. The van der Waals surface area contributed by atoms with Gasteiger partial charge in [-0.15, -0.1) is 12.4 Å². The lowest BCUT2D eigenvalue weighted by Gasteiger charge is -2.17. The van der Waals surface area contributed by atoms with Gasteiger partial charge in [0.2, 0.25) is 11.8 Å². The number of ether oxygens (including phenoxy) is 1. The zero-order valence-corrected chi connectivity index (χ0v) is 15.7. The molecule has 1 aliphatic heterocycles. The van der Waals surface area contributed by atoms with E-state index in [1.165, 1.54) is 0 Å². The molecule has 27 heavy (non-hydrogen) atoms. The summed E-state index contributed by atoms with van der Waals surface area (Å²) >= 11 is 0. The Labute approximate surface area is 164 Å². The van der Waals surface area contributed by atoms with Crippen LogP contribution in [0.2, 0.25) is 0 Å². The molecule has 0 bridgehead atoms. The summed E-state index contributed by atoms with van der Waals surface area (Å²) in [4.78, 5) is 25.4. The minimum Gasteiger partial charge on any atom is -0.493 e. The van der Waals surface area contributed by atoms with Crippen molar-refractivity contribution in [1.82, 2.24) is 4.90 Å². The van der Waals surface area contributed by atoms with Gasteiger partial charge in [-0.05, 0) is 23.8 Å². The molecule has 144 valence electrons. The van der Waals surface area contributed by atoms with Gasteiger partial charge >= 0.3 is 0 Å². The molecule has 0 aliphatic carbocycles. The van der Waals surface area contributed by atoms with Crippen molar-refractivity contribution in [3.05, 3.63) is 65.7 Å². The molecular formula is C20H24ClN3O3. The summed E-state index contributed by atoms with van der Waals surface area (Å²) in [6, 6.07) is 16.6. The molecule has 7 heteroatoms. The van der Waals surface area contributed by atoms with E-state index in [2.05, 4.69) is 0 Å². The molecule has 1 heterocycles. The summed E-state index contributed by atoms with van der Waals surface area (Å²) in [5.41, 5.74) is 13.0. The lowest BCUT2D eigenvalue weighted by molar-refractivity contribution is -0.130. The quantitative estimate of drug-likeness (QED) is 0.788. The Hall–Kier alpha value is -2.57. The number of primary amides is 1. The predicted molar refractivity (Wildman–Crippen MR) is 106 cm³/mol. The molecule has 2 aromatic carbocycles. The van der Waals surface area contributed by atoms with E-state index in [9.17, 15) is 9.59 Å². The molecule has 2 atom stereocenters. The third-order valence-electron chi connectivity index (χ3n) is 4.65. The van der Waals surface area contributed by atoms with E-state index in [-0.39, 0.29) is 43.3 Å². The first-order chi connectivity index (χ1) is 12.5. The Bertz CT molecular complexity index is 785. The fraction of sp³-hybridized carbons (Fsp3) is 0.300. The molecule has 0 aromatic heterocycles. The number of halogens is 1. The van der Waals surface area contributed by atoms with Crippen molar-refractivity contribution in [2.45, 2.75) is 18.4 Å². The average molecular weight is 390 g/mol. The Balaban J connectivity index is 0.00000261. The van der Waals surface area contributed by atoms with Gasteiger partial charge in [0.1, 0.15) is 5.75 Å². The molecule has 1 fully saturated rings. The maximum Gasteiger partial charge on any atom is 0.248 e. The van der Waals surface area contributed by atoms with Crippen LogP contribution in [0.15, 0.2) is 54.6 Å². The van der Waals surface area contributed by atoms with Crippen LogP contribution in [-0.2, 0) is 4.79 Å². The SMILES string of the molecule is Cl.NC(=O)c1cccc(OCCC(=O)N2C[C@@H](N)[C@H](c3ccccc3)C2)c1. The third kappa shape index (κ3) is 5.21. The van der Waals surface area contributed by atoms with Crippen LogP contribution >= 0.6 is 12.4 Å². The fourth-order valence-electron chi connectivity index (χ4n) is 3.24. The zero-order valence-electron chi connectivity index (χ0n) is 14.9. The molecule has 1 aliphatic rings. The minimum absolute atomic E-state index is 0. The minimum atomic E-state index is -0.510. The highest BCUT2D eigenvalue weighted by molar-refractivity contribution is 5.93. The number of nitrogens with two attached hydrogens (primary N) is 2. The van der Waals surface area contributed by atoms with E-state index < -0.39 is 5.91 Å². The molecule has 0 spiro atoms. The third-order valence-corrected chi connectivity index (χ3v) is 4.65. The number of likely N-dealkylation sites (tertiary alicyclic amines) is 1. The second kappa shape index (κ2) is 9.39. The monoisotopic (exact) mass is 389 g/mol. The highest BCUT2D eigenvalue weighted by Gasteiger charge is 2.33. The average Bonchev–Trinajstić information content (AvgIpc) is 3.04. The van der Waals surface area contributed by atoms with Crippen LogP contribution in [0.5, 0.6) is 5.75 Å². The molecule has 2 aromatic rings. The Morgan fingerprint density at radius 2 is 1.81 bits per heavy atom. The Kier molecular flexibility index (Phi) is 7.21. The number of nitrogens with zero attached hydrogens (tertiary/aromatic N) is 1. The van der Waals surface area contributed by atoms with Crippen LogP contribution in [0.1, 0.15) is 28.3 Å². The van der Waals surface area contributed by atoms with Gasteiger partial charge in [-0.3, -0.25) is 9.59 Å². The second-order valence-electron chi connectivity index (χ2n) is 6.47. The molecule has 0 radical (unpaired) electrons. The van der Waals surface area contributed by atoms with Crippen LogP contribution in [0.3, 0.4) is 0 Å². The van der Waals surface area contributed by atoms with Gasteiger partial charge in [0.05, 0.1) is 13.0 Å². The van der Waals surface area contributed by atoms with Gasteiger partial charge in [0.25, 0.3) is 0 Å². The topological polar surface area (TPSA) is 98.7 Å². The van der Waals surface area contributed by atoms with Crippen molar-refractivity contribution in [2.75, 3.05) is 19.7 Å². The molecule has 6 nitrogen and oxygen atoms in total. The fourth-order valence-corrected chi connectivity index (χ4v) is 3.24. The van der Waals surface area contributed by atoms with Crippen molar-refractivity contribution in [3.8, 4) is 5.75 Å². The van der Waals surface area contributed by atoms with Crippen LogP contribution in [0, 0.1) is 0 Å². The molecule has 4 N–H and O–H groups in total. The summed E-state index contributed by atoms with van der Waals surface area (Å²) in [6.45, 7) is 1.42. The molecule has 0 unspecified atom stereocenters. The van der Waals surface area contributed by atoms with Crippen molar-refractivity contribution in [1.29, 1.82) is 0 Å². The van der Waals surface area contributed by atoms with E-state index in [1.54, 1.807) is 29.2 Å². The van der Waals surface area contributed by atoms with Crippen molar-refractivity contribution < 1.29 is 14.3 Å². The lowest BCUT2D eigenvalue weighted by atomic mass is 9.95. The number of benzene rings is 2. The number of rotatable bonds is 6. The van der Waals surface area contributed by atoms with Gasteiger partial charge in [-0.1, -0.05) is 36.4 Å². The summed E-state index contributed by atoms with van der Waals surface area (Å²) in [5.74, 6) is 0.192. The predicted octanol–water partition coefficient (Wildman–Crippen LogP) is 1.93. The standard InChI is InChI=1S/C20H23N3O3.ClH/c21-18-13-23(12-17(18)14-5-2-1-3-6-14)19(24)9-10-26-16-8-4-7-15(11-16)20(22)25;/h1-8,11,17-18H,9-10,12-13,21H2,(H2,22,25);1H/t17-,18+;/m0./s1. The van der Waals surface area contributed by atoms with Gasteiger partial charge in [0, 0.05) is 30.6 Å². The van der Waals surface area contributed by atoms with Crippen LogP contribution < -0.4 is 16.2 Å². The number of hydrogen-bond acceptors (Lipinski definition) is 4. The van der Waals surface area contributed by atoms with E-state index in [0.717, 1.165) is 5.56 Å². The second-order valence-corrected chi connectivity index (χ2v) is 6.47. The molecular weight excluding hydrogens is 366 g/mol. The van der Waals surface area contributed by atoms with Gasteiger partial charge in [-0.2, -0.15) is 0 Å². The number of carbonyl (C=O) groups is 2. The number of amides is 2. The summed E-state index contributed by atoms with van der Waals surface area (Å²) in [6.07, 6.45) is 0.259. The summed E-state index contributed by atoms with van der Waals surface area (Å²) in [5, 5.41) is 0. The van der Waals surface area contributed by atoms with E-state index >= 15 is 0 Å².